The molecule has 0 spiro atoms. The Hall–Kier alpha value is -2.65. The van der Waals surface area contributed by atoms with E-state index in [-0.39, 0.29) is 18.4 Å². The van der Waals surface area contributed by atoms with Gasteiger partial charge in [0.25, 0.3) is 5.91 Å². The standard InChI is InChI=1S/C19H19BrN4O3S/c1-12(22-19(26)16-7-8-17(20)28-16)18(25)21-11-13-9-10-24(23-13)14-3-5-15(27-2)6-4-14/h3-10,12H,11H2,1-2H3,(H,21,25)(H,22,26). The van der Waals surface area contributed by atoms with E-state index < -0.39 is 6.04 Å². The Bertz CT molecular complexity index is 968. The molecule has 0 aliphatic rings. The Labute approximate surface area is 174 Å². The van der Waals surface area contributed by atoms with Gasteiger partial charge in [0.15, 0.2) is 0 Å². The van der Waals surface area contributed by atoms with E-state index in [1.54, 1.807) is 30.8 Å². The number of carbonyl (C=O) groups excluding carboxylic acids is 2. The molecule has 0 saturated heterocycles. The van der Waals surface area contributed by atoms with Crippen molar-refractivity contribution in [2.75, 3.05) is 7.11 Å². The molecule has 28 heavy (non-hydrogen) atoms. The van der Waals surface area contributed by atoms with E-state index >= 15 is 0 Å². The molecule has 1 aromatic carbocycles. The van der Waals surface area contributed by atoms with Gasteiger partial charge in [-0.05, 0) is 65.3 Å². The van der Waals surface area contributed by atoms with Gasteiger partial charge in [-0.2, -0.15) is 5.10 Å². The molecule has 0 aliphatic heterocycles. The molecule has 1 unspecified atom stereocenters. The molecular weight excluding hydrogens is 444 g/mol. The molecule has 2 aromatic heterocycles. The molecule has 2 heterocycles. The number of aromatic nitrogens is 2. The van der Waals surface area contributed by atoms with Crippen molar-refractivity contribution < 1.29 is 14.3 Å². The van der Waals surface area contributed by atoms with Gasteiger partial charge < -0.3 is 15.4 Å². The number of benzene rings is 1. The lowest BCUT2D eigenvalue weighted by molar-refractivity contribution is -0.122. The number of nitrogens with one attached hydrogen (secondary N) is 2. The van der Waals surface area contributed by atoms with E-state index in [2.05, 4.69) is 31.7 Å². The van der Waals surface area contributed by atoms with Crippen LogP contribution >= 0.6 is 27.3 Å². The lowest BCUT2D eigenvalue weighted by Gasteiger charge is -2.13. The van der Waals surface area contributed by atoms with Crippen LogP contribution in [0.25, 0.3) is 5.69 Å². The molecule has 2 amide bonds. The first kappa shape index (κ1) is 20.1. The first-order chi connectivity index (χ1) is 13.5. The summed E-state index contributed by atoms with van der Waals surface area (Å²) in [7, 11) is 1.62. The minimum Gasteiger partial charge on any atom is -0.497 e. The highest BCUT2D eigenvalue weighted by Gasteiger charge is 2.17. The fraction of sp³-hybridized carbons (Fsp3) is 0.211. The lowest BCUT2D eigenvalue weighted by Crippen LogP contribution is -2.44. The Morgan fingerprint density at radius 1 is 1.21 bits per heavy atom. The maximum absolute atomic E-state index is 12.3. The molecule has 0 aliphatic carbocycles. The summed E-state index contributed by atoms with van der Waals surface area (Å²) in [5.41, 5.74) is 1.60. The maximum atomic E-state index is 12.3. The highest BCUT2D eigenvalue weighted by molar-refractivity contribution is 9.11. The fourth-order valence-electron chi connectivity index (χ4n) is 2.44. The number of halogens is 1. The minimum absolute atomic E-state index is 0.271. The van der Waals surface area contributed by atoms with Gasteiger partial charge in [0.2, 0.25) is 5.91 Å². The smallest absolute Gasteiger partial charge is 0.262 e. The van der Waals surface area contributed by atoms with Crippen LogP contribution < -0.4 is 15.4 Å². The highest BCUT2D eigenvalue weighted by atomic mass is 79.9. The van der Waals surface area contributed by atoms with Crippen LogP contribution in [0.15, 0.2) is 52.4 Å². The summed E-state index contributed by atoms with van der Waals surface area (Å²) in [6.07, 6.45) is 1.82. The molecular formula is C19H19BrN4O3S. The zero-order valence-electron chi connectivity index (χ0n) is 15.3. The van der Waals surface area contributed by atoms with Crippen molar-refractivity contribution in [1.82, 2.24) is 20.4 Å². The number of hydrogen-bond acceptors (Lipinski definition) is 5. The van der Waals surface area contributed by atoms with Crippen molar-refractivity contribution in [3.63, 3.8) is 0 Å². The van der Waals surface area contributed by atoms with Gasteiger partial charge >= 0.3 is 0 Å². The quantitative estimate of drug-likeness (QED) is 0.564. The van der Waals surface area contributed by atoms with Crippen molar-refractivity contribution in [2.24, 2.45) is 0 Å². The molecule has 0 bridgehead atoms. The average Bonchev–Trinajstić information content (AvgIpc) is 3.35. The Balaban J connectivity index is 1.52. The molecule has 2 N–H and O–H groups in total. The van der Waals surface area contributed by atoms with Crippen molar-refractivity contribution >= 4 is 39.1 Å². The molecule has 9 heteroatoms. The first-order valence-electron chi connectivity index (χ1n) is 8.49. The second kappa shape index (κ2) is 9.03. The zero-order valence-corrected chi connectivity index (χ0v) is 17.7. The second-order valence-corrected chi connectivity index (χ2v) is 8.43. The number of ether oxygens (including phenoxy) is 1. The summed E-state index contributed by atoms with van der Waals surface area (Å²) in [5, 5.41) is 9.93. The average molecular weight is 463 g/mol. The second-order valence-electron chi connectivity index (χ2n) is 5.97. The molecule has 0 radical (unpaired) electrons. The SMILES string of the molecule is COc1ccc(-n2ccc(CNC(=O)C(C)NC(=O)c3ccc(Br)s3)n2)cc1. The molecule has 0 fully saturated rings. The normalized spacial score (nSPS) is 11.7. The topological polar surface area (TPSA) is 85.2 Å². The predicted molar refractivity (Wildman–Crippen MR) is 111 cm³/mol. The van der Waals surface area contributed by atoms with Crippen LogP contribution in [-0.4, -0.2) is 34.7 Å². The van der Waals surface area contributed by atoms with E-state index in [9.17, 15) is 9.59 Å². The fourth-order valence-corrected chi connectivity index (χ4v) is 3.72. The third kappa shape index (κ3) is 4.99. The summed E-state index contributed by atoms with van der Waals surface area (Å²) in [5.74, 6) is 0.222. The number of hydrogen-bond donors (Lipinski definition) is 2. The number of carbonyl (C=O) groups is 2. The van der Waals surface area contributed by atoms with Gasteiger partial charge in [-0.25, -0.2) is 4.68 Å². The number of thiophene rings is 1. The molecule has 1 atom stereocenters. The van der Waals surface area contributed by atoms with E-state index in [4.69, 9.17) is 4.74 Å². The molecule has 7 nitrogen and oxygen atoms in total. The Morgan fingerprint density at radius 2 is 1.96 bits per heavy atom. The van der Waals surface area contributed by atoms with Crippen LogP contribution in [-0.2, 0) is 11.3 Å². The first-order valence-corrected chi connectivity index (χ1v) is 10.1. The third-order valence-electron chi connectivity index (χ3n) is 3.96. The third-order valence-corrected chi connectivity index (χ3v) is 5.59. The van der Waals surface area contributed by atoms with Gasteiger partial charge in [0.1, 0.15) is 11.8 Å². The van der Waals surface area contributed by atoms with Crippen LogP contribution in [0.1, 0.15) is 22.3 Å². The van der Waals surface area contributed by atoms with E-state index in [0.717, 1.165) is 15.2 Å². The summed E-state index contributed by atoms with van der Waals surface area (Å²) in [6, 6.07) is 12.2. The van der Waals surface area contributed by atoms with Crippen LogP contribution in [0.5, 0.6) is 5.75 Å². The van der Waals surface area contributed by atoms with E-state index in [1.807, 2.05) is 36.5 Å². The number of nitrogens with zero attached hydrogens (tertiary/aromatic N) is 2. The van der Waals surface area contributed by atoms with Crippen LogP contribution in [0.4, 0.5) is 0 Å². The monoisotopic (exact) mass is 462 g/mol. The summed E-state index contributed by atoms with van der Waals surface area (Å²) in [4.78, 5) is 24.9. The van der Waals surface area contributed by atoms with Gasteiger partial charge in [0, 0.05) is 6.20 Å². The Kier molecular flexibility index (Phi) is 6.48. The lowest BCUT2D eigenvalue weighted by atomic mass is 10.3. The Morgan fingerprint density at radius 3 is 2.61 bits per heavy atom. The van der Waals surface area contributed by atoms with Gasteiger partial charge in [0.05, 0.1) is 33.7 Å². The van der Waals surface area contributed by atoms with Gasteiger partial charge in [-0.15, -0.1) is 11.3 Å². The number of rotatable bonds is 7. The van der Waals surface area contributed by atoms with Gasteiger partial charge in [-0.1, -0.05) is 0 Å². The number of methoxy groups -OCH3 is 1. The predicted octanol–water partition coefficient (Wildman–Crippen LogP) is 3.14. The van der Waals surface area contributed by atoms with Crippen LogP contribution in [0, 0.1) is 0 Å². The van der Waals surface area contributed by atoms with Crippen LogP contribution in [0.2, 0.25) is 0 Å². The van der Waals surface area contributed by atoms with Crippen molar-refractivity contribution in [2.45, 2.75) is 19.5 Å². The van der Waals surface area contributed by atoms with Crippen molar-refractivity contribution in [3.8, 4) is 11.4 Å². The molecule has 3 rings (SSSR count). The summed E-state index contributed by atoms with van der Waals surface area (Å²) >= 11 is 4.63. The summed E-state index contributed by atoms with van der Waals surface area (Å²) < 4.78 is 7.73. The summed E-state index contributed by atoms with van der Waals surface area (Å²) in [6.45, 7) is 1.92. The minimum atomic E-state index is -0.656. The van der Waals surface area contributed by atoms with E-state index in [0.29, 0.717) is 10.6 Å². The maximum Gasteiger partial charge on any atom is 0.262 e. The van der Waals surface area contributed by atoms with E-state index in [1.165, 1.54) is 11.3 Å². The largest absolute Gasteiger partial charge is 0.497 e. The van der Waals surface area contributed by atoms with Gasteiger partial charge in [-0.3, -0.25) is 9.59 Å². The van der Waals surface area contributed by atoms with Crippen LogP contribution in [0.3, 0.4) is 0 Å². The zero-order chi connectivity index (χ0) is 20.1. The molecule has 146 valence electrons. The highest BCUT2D eigenvalue weighted by Crippen LogP contribution is 2.21. The molecule has 0 saturated carbocycles. The molecule has 3 aromatic rings. The van der Waals surface area contributed by atoms with Crippen molar-refractivity contribution in [1.29, 1.82) is 0 Å². The van der Waals surface area contributed by atoms with Crippen molar-refractivity contribution in [3.05, 3.63) is 63.0 Å². The number of amides is 2.